The minimum absolute atomic E-state index is 0.162. The maximum absolute atomic E-state index is 12.4. The number of H-pyrrole nitrogens is 1. The molecule has 118 valence electrons. The molecule has 3 rings (SSSR count). The third kappa shape index (κ3) is 2.80. The molecule has 0 aromatic carbocycles. The maximum atomic E-state index is 12.4. The first-order chi connectivity index (χ1) is 10.7. The van der Waals surface area contributed by atoms with Crippen LogP contribution in [-0.2, 0) is 16.1 Å². The van der Waals surface area contributed by atoms with Crippen LogP contribution in [0.2, 0.25) is 0 Å². The summed E-state index contributed by atoms with van der Waals surface area (Å²) in [6.07, 6.45) is 4.02. The largest absolute Gasteiger partial charge is 0.466 e. The van der Waals surface area contributed by atoms with E-state index in [-0.39, 0.29) is 29.9 Å². The first kappa shape index (κ1) is 14.5. The van der Waals surface area contributed by atoms with Gasteiger partial charge in [-0.3, -0.25) is 14.8 Å². The van der Waals surface area contributed by atoms with Crippen LogP contribution in [0.25, 0.3) is 0 Å². The quantitative estimate of drug-likeness (QED) is 0.844. The van der Waals surface area contributed by atoms with Crippen molar-refractivity contribution in [2.24, 2.45) is 5.92 Å². The molecule has 2 N–H and O–H groups in total. The zero-order chi connectivity index (χ0) is 15.5. The summed E-state index contributed by atoms with van der Waals surface area (Å²) in [7, 11) is 1.46. The number of carbonyl (C=O) groups is 1. The van der Waals surface area contributed by atoms with Crippen molar-refractivity contribution in [2.75, 3.05) is 19.0 Å². The summed E-state index contributed by atoms with van der Waals surface area (Å²) in [5, 5.41) is 13.3. The topological polar surface area (TPSA) is 107 Å². The van der Waals surface area contributed by atoms with Crippen LogP contribution in [0.5, 0.6) is 6.01 Å². The lowest BCUT2D eigenvalue weighted by atomic mass is 9.96. The van der Waals surface area contributed by atoms with Gasteiger partial charge in [-0.1, -0.05) is 0 Å². The number of methoxy groups -OCH3 is 1. The van der Waals surface area contributed by atoms with Gasteiger partial charge in [0.25, 0.3) is 0 Å². The number of aromatic amines is 1. The van der Waals surface area contributed by atoms with Crippen LogP contribution in [0.15, 0.2) is 12.4 Å². The summed E-state index contributed by atoms with van der Waals surface area (Å²) >= 11 is 0. The van der Waals surface area contributed by atoms with Crippen molar-refractivity contribution in [2.45, 2.75) is 26.0 Å². The number of carbonyl (C=O) groups excluding carboxylic acids is 1. The molecule has 0 unspecified atom stereocenters. The summed E-state index contributed by atoms with van der Waals surface area (Å²) in [4.78, 5) is 16.4. The Hall–Kier alpha value is -2.42. The summed E-state index contributed by atoms with van der Waals surface area (Å²) in [6.45, 7) is 3.33. The van der Waals surface area contributed by atoms with E-state index in [4.69, 9.17) is 9.47 Å². The molecule has 3 heterocycles. The van der Waals surface area contributed by atoms with Gasteiger partial charge in [-0.15, -0.1) is 5.10 Å². The van der Waals surface area contributed by atoms with Crippen molar-refractivity contribution in [3.63, 3.8) is 0 Å². The number of nitrogens with one attached hydrogen (secondary N) is 2. The third-order valence-electron chi connectivity index (χ3n) is 3.62. The zero-order valence-corrected chi connectivity index (χ0v) is 12.4. The second-order valence-corrected chi connectivity index (χ2v) is 4.98. The highest BCUT2D eigenvalue weighted by atomic mass is 16.5. The molecule has 0 radical (unpaired) electrons. The van der Waals surface area contributed by atoms with E-state index >= 15 is 0 Å². The van der Waals surface area contributed by atoms with Crippen molar-refractivity contribution in [1.29, 1.82) is 0 Å². The molecule has 1 aliphatic heterocycles. The van der Waals surface area contributed by atoms with Crippen LogP contribution in [0.1, 0.15) is 25.0 Å². The Bertz CT molecular complexity index is 652. The van der Waals surface area contributed by atoms with Crippen LogP contribution in [0.3, 0.4) is 0 Å². The summed E-state index contributed by atoms with van der Waals surface area (Å²) in [5.41, 5.74) is 0.912. The summed E-state index contributed by atoms with van der Waals surface area (Å²) in [6, 6.07) is 0.179. The molecule has 2 aromatic heterocycles. The Morgan fingerprint density at radius 3 is 3.18 bits per heavy atom. The van der Waals surface area contributed by atoms with Crippen LogP contribution >= 0.6 is 0 Å². The Morgan fingerprint density at radius 1 is 1.64 bits per heavy atom. The maximum Gasteiger partial charge on any atom is 0.336 e. The van der Waals surface area contributed by atoms with Gasteiger partial charge in [0.05, 0.1) is 25.3 Å². The fourth-order valence-corrected chi connectivity index (χ4v) is 2.49. The van der Waals surface area contributed by atoms with E-state index < -0.39 is 0 Å². The molecule has 22 heavy (non-hydrogen) atoms. The Kier molecular flexibility index (Phi) is 4.05. The number of anilines is 1. The van der Waals surface area contributed by atoms with E-state index in [2.05, 4.69) is 25.6 Å². The lowest BCUT2D eigenvalue weighted by Crippen LogP contribution is -2.25. The molecule has 9 heteroatoms. The highest BCUT2D eigenvalue weighted by Gasteiger charge is 2.36. The van der Waals surface area contributed by atoms with Crippen LogP contribution in [-0.4, -0.2) is 44.6 Å². The molecule has 2 atom stereocenters. The van der Waals surface area contributed by atoms with E-state index in [1.54, 1.807) is 6.20 Å². The van der Waals surface area contributed by atoms with Crippen LogP contribution in [0.4, 0.5) is 5.95 Å². The van der Waals surface area contributed by atoms with E-state index in [0.717, 1.165) is 12.1 Å². The number of amides is 1. The second-order valence-electron chi connectivity index (χ2n) is 4.98. The van der Waals surface area contributed by atoms with Gasteiger partial charge >= 0.3 is 6.01 Å². The minimum Gasteiger partial charge on any atom is -0.466 e. The average Bonchev–Trinajstić information content (AvgIpc) is 3.26. The van der Waals surface area contributed by atoms with Crippen molar-refractivity contribution in [1.82, 2.24) is 25.0 Å². The average molecular weight is 306 g/mol. The predicted molar refractivity (Wildman–Crippen MR) is 76.3 cm³/mol. The summed E-state index contributed by atoms with van der Waals surface area (Å²) in [5.74, 6) is -0.187. The second kappa shape index (κ2) is 6.14. The number of nitrogens with zero attached hydrogens (tertiary/aromatic N) is 4. The van der Waals surface area contributed by atoms with Gasteiger partial charge in [-0.25, -0.2) is 5.10 Å². The third-order valence-corrected chi connectivity index (χ3v) is 3.62. The van der Waals surface area contributed by atoms with Gasteiger partial charge in [-0.2, -0.15) is 10.1 Å². The molecule has 1 fully saturated rings. The molecular weight excluding hydrogens is 288 g/mol. The van der Waals surface area contributed by atoms with Crippen molar-refractivity contribution in [3.05, 3.63) is 18.0 Å². The molecule has 2 aromatic rings. The normalized spacial score (nSPS) is 21.0. The number of rotatable bonds is 5. The van der Waals surface area contributed by atoms with E-state index in [9.17, 15) is 4.79 Å². The van der Waals surface area contributed by atoms with Gasteiger partial charge in [-0.05, 0) is 13.3 Å². The van der Waals surface area contributed by atoms with E-state index in [1.807, 2.05) is 17.8 Å². The molecule has 1 amide bonds. The minimum atomic E-state index is -0.287. The van der Waals surface area contributed by atoms with Gasteiger partial charge in [0.1, 0.15) is 0 Å². The lowest BCUT2D eigenvalue weighted by molar-refractivity contribution is -0.121. The number of hydrogen-bond acceptors (Lipinski definition) is 6. The molecule has 0 spiro atoms. The van der Waals surface area contributed by atoms with Gasteiger partial charge < -0.3 is 9.47 Å². The first-order valence-corrected chi connectivity index (χ1v) is 7.12. The molecule has 9 nitrogen and oxygen atoms in total. The van der Waals surface area contributed by atoms with Gasteiger partial charge in [0.15, 0.2) is 0 Å². The molecule has 0 saturated carbocycles. The fraction of sp³-hybridized carbons (Fsp3) is 0.538. The zero-order valence-electron chi connectivity index (χ0n) is 12.4. The Morgan fingerprint density at radius 2 is 2.50 bits per heavy atom. The molecule has 1 saturated heterocycles. The Balaban J connectivity index is 1.70. The lowest BCUT2D eigenvalue weighted by Gasteiger charge is -2.15. The van der Waals surface area contributed by atoms with E-state index in [0.29, 0.717) is 13.0 Å². The molecule has 1 aliphatic rings. The SMILES string of the molecule is CCn1cc([C@H]2OCC[C@@H]2C(=O)Nc2nc(OC)n[nH]2)cn1. The van der Waals surface area contributed by atoms with Crippen LogP contribution in [0, 0.1) is 5.92 Å². The molecular formula is C13H18N6O3. The number of aromatic nitrogens is 5. The van der Waals surface area contributed by atoms with Crippen molar-refractivity contribution in [3.8, 4) is 6.01 Å². The van der Waals surface area contributed by atoms with E-state index in [1.165, 1.54) is 7.11 Å². The highest BCUT2D eigenvalue weighted by molar-refractivity contribution is 5.91. The number of aryl methyl sites for hydroxylation is 1. The fourth-order valence-electron chi connectivity index (χ4n) is 2.49. The number of hydrogen-bond donors (Lipinski definition) is 2. The monoisotopic (exact) mass is 306 g/mol. The van der Waals surface area contributed by atoms with Crippen molar-refractivity contribution < 1.29 is 14.3 Å². The Labute approximate surface area is 127 Å². The summed E-state index contributed by atoms with van der Waals surface area (Å²) < 4.78 is 12.4. The highest BCUT2D eigenvalue weighted by Crippen LogP contribution is 2.35. The molecule has 0 aliphatic carbocycles. The number of ether oxygens (including phenoxy) is 2. The standard InChI is InChI=1S/C13H18N6O3/c1-3-19-7-8(6-14-19)10-9(4-5-22-10)11(20)15-12-16-13(21-2)18-17-12/h6-7,9-10H,3-5H2,1-2H3,(H2,15,16,17,18,20)/t9-,10+/m0/s1. The first-order valence-electron chi connectivity index (χ1n) is 7.12. The predicted octanol–water partition coefficient (Wildman–Crippen LogP) is 0.746. The molecule has 0 bridgehead atoms. The smallest absolute Gasteiger partial charge is 0.336 e. The van der Waals surface area contributed by atoms with Crippen LogP contribution < -0.4 is 10.1 Å². The van der Waals surface area contributed by atoms with Crippen molar-refractivity contribution >= 4 is 11.9 Å². The van der Waals surface area contributed by atoms with Gasteiger partial charge in [0, 0.05) is 24.9 Å². The van der Waals surface area contributed by atoms with Gasteiger partial charge in [0.2, 0.25) is 11.9 Å².